The summed E-state index contributed by atoms with van der Waals surface area (Å²) >= 11 is 0. The van der Waals surface area contributed by atoms with E-state index in [1.165, 1.54) is 6.20 Å². The fourth-order valence-electron chi connectivity index (χ4n) is 3.64. The first kappa shape index (κ1) is 18.1. The van der Waals surface area contributed by atoms with Crippen LogP contribution in [0.2, 0.25) is 0 Å². The molecule has 0 saturated carbocycles. The van der Waals surface area contributed by atoms with Gasteiger partial charge in [0.25, 0.3) is 11.5 Å². The lowest BCUT2D eigenvalue weighted by Gasteiger charge is -2.35. The zero-order valence-corrected chi connectivity index (χ0v) is 15.5. The number of amides is 1. The van der Waals surface area contributed by atoms with Crippen LogP contribution in [-0.4, -0.2) is 47.9 Å². The Morgan fingerprint density at radius 1 is 1.21 bits per heavy atom. The van der Waals surface area contributed by atoms with Crippen LogP contribution in [0.5, 0.6) is 0 Å². The number of carbonyl (C=O) groups excluding carboxylic acids is 1. The van der Waals surface area contributed by atoms with E-state index in [-0.39, 0.29) is 17.5 Å². The Kier molecular flexibility index (Phi) is 5.27. The van der Waals surface area contributed by atoms with E-state index < -0.39 is 5.56 Å². The summed E-state index contributed by atoms with van der Waals surface area (Å²) in [5, 5.41) is 0. The van der Waals surface area contributed by atoms with Crippen LogP contribution in [0.25, 0.3) is 11.4 Å². The van der Waals surface area contributed by atoms with Crippen molar-refractivity contribution in [2.45, 2.75) is 38.3 Å². The molecule has 1 atom stereocenters. The Hall–Kier alpha value is -3.29. The van der Waals surface area contributed by atoms with Crippen molar-refractivity contribution >= 4 is 5.91 Å². The SMILES string of the molecule is O=C(c1cnc(-c2cccnc2)[nH]c1=O)N1CCCCC1CCn1ccnc1. The highest BCUT2D eigenvalue weighted by atomic mass is 16.2. The molecule has 144 valence electrons. The van der Waals surface area contributed by atoms with E-state index in [2.05, 4.69) is 19.9 Å². The van der Waals surface area contributed by atoms with Gasteiger partial charge < -0.3 is 14.5 Å². The number of aromatic nitrogens is 5. The number of likely N-dealkylation sites (tertiary alicyclic amines) is 1. The molecule has 28 heavy (non-hydrogen) atoms. The number of H-pyrrole nitrogens is 1. The Labute approximate surface area is 162 Å². The molecule has 0 bridgehead atoms. The predicted molar refractivity (Wildman–Crippen MR) is 104 cm³/mol. The minimum Gasteiger partial charge on any atom is -0.337 e. The number of rotatable bonds is 5. The van der Waals surface area contributed by atoms with Crippen molar-refractivity contribution < 1.29 is 4.79 Å². The third-order valence-corrected chi connectivity index (χ3v) is 5.13. The monoisotopic (exact) mass is 378 g/mol. The van der Waals surface area contributed by atoms with Crippen molar-refractivity contribution in [2.75, 3.05) is 6.54 Å². The van der Waals surface area contributed by atoms with Crippen molar-refractivity contribution in [3.63, 3.8) is 0 Å². The van der Waals surface area contributed by atoms with Gasteiger partial charge in [-0.05, 0) is 37.8 Å². The second kappa shape index (κ2) is 8.16. The molecule has 1 aliphatic heterocycles. The molecule has 0 spiro atoms. The normalized spacial score (nSPS) is 16.9. The highest BCUT2D eigenvalue weighted by Gasteiger charge is 2.29. The second-order valence-corrected chi connectivity index (χ2v) is 6.95. The average Bonchev–Trinajstić information content (AvgIpc) is 3.26. The topological polar surface area (TPSA) is 96.8 Å². The predicted octanol–water partition coefficient (Wildman–Crippen LogP) is 2.11. The van der Waals surface area contributed by atoms with E-state index in [4.69, 9.17) is 0 Å². The van der Waals surface area contributed by atoms with Gasteiger partial charge in [-0.1, -0.05) is 0 Å². The lowest BCUT2D eigenvalue weighted by Crippen LogP contribution is -2.45. The molecule has 1 aliphatic rings. The Morgan fingerprint density at radius 2 is 2.14 bits per heavy atom. The smallest absolute Gasteiger partial charge is 0.264 e. The third-order valence-electron chi connectivity index (χ3n) is 5.13. The van der Waals surface area contributed by atoms with Gasteiger partial charge >= 0.3 is 0 Å². The van der Waals surface area contributed by atoms with Crippen molar-refractivity contribution in [3.05, 3.63) is 65.4 Å². The molecule has 8 heteroatoms. The van der Waals surface area contributed by atoms with Gasteiger partial charge in [0.05, 0.1) is 6.33 Å². The van der Waals surface area contributed by atoms with Crippen molar-refractivity contribution in [2.24, 2.45) is 0 Å². The van der Waals surface area contributed by atoms with E-state index in [0.717, 1.165) is 32.2 Å². The average molecular weight is 378 g/mol. The molecule has 1 amide bonds. The number of aryl methyl sites for hydroxylation is 1. The molecular weight excluding hydrogens is 356 g/mol. The van der Waals surface area contributed by atoms with Gasteiger partial charge in [0.1, 0.15) is 11.4 Å². The maximum absolute atomic E-state index is 13.1. The molecule has 1 unspecified atom stereocenters. The summed E-state index contributed by atoms with van der Waals surface area (Å²) in [5.74, 6) is 0.159. The third kappa shape index (κ3) is 3.85. The van der Waals surface area contributed by atoms with Crippen LogP contribution in [0.1, 0.15) is 36.0 Å². The molecular formula is C20H22N6O2. The highest BCUT2D eigenvalue weighted by molar-refractivity contribution is 5.94. The molecule has 0 aliphatic carbocycles. The number of nitrogens with zero attached hydrogens (tertiary/aromatic N) is 5. The summed E-state index contributed by atoms with van der Waals surface area (Å²) in [5.41, 5.74) is 0.370. The van der Waals surface area contributed by atoms with E-state index >= 15 is 0 Å². The molecule has 4 heterocycles. The van der Waals surface area contributed by atoms with Crippen LogP contribution >= 0.6 is 0 Å². The van der Waals surface area contributed by atoms with Crippen molar-refractivity contribution in [1.82, 2.24) is 29.4 Å². The Bertz CT molecular complexity index is 983. The van der Waals surface area contributed by atoms with Crippen molar-refractivity contribution in [1.29, 1.82) is 0 Å². The molecule has 4 rings (SSSR count). The standard InChI is InChI=1S/C20H22N6O2/c27-19-17(13-23-18(24-19)15-4-3-7-21-12-15)20(28)26-9-2-1-5-16(26)6-10-25-11-8-22-14-25/h3-4,7-8,11-14,16H,1-2,5-6,9-10H2,(H,23,24,27). The summed E-state index contributed by atoms with van der Waals surface area (Å²) in [7, 11) is 0. The van der Waals surface area contributed by atoms with Gasteiger partial charge in [0.2, 0.25) is 0 Å². The lowest BCUT2D eigenvalue weighted by molar-refractivity contribution is 0.0593. The number of hydrogen-bond donors (Lipinski definition) is 1. The van der Waals surface area contributed by atoms with E-state index in [1.807, 2.05) is 21.7 Å². The molecule has 1 saturated heterocycles. The zero-order chi connectivity index (χ0) is 19.3. The lowest BCUT2D eigenvalue weighted by atomic mass is 9.98. The first-order valence-corrected chi connectivity index (χ1v) is 9.49. The van der Waals surface area contributed by atoms with Gasteiger partial charge in [-0.25, -0.2) is 9.97 Å². The number of imidazole rings is 1. The fourth-order valence-corrected chi connectivity index (χ4v) is 3.64. The number of hydrogen-bond acceptors (Lipinski definition) is 5. The molecule has 1 fully saturated rings. The summed E-state index contributed by atoms with van der Waals surface area (Å²) in [6.07, 6.45) is 13.9. The molecule has 1 N–H and O–H groups in total. The highest BCUT2D eigenvalue weighted by Crippen LogP contribution is 2.22. The summed E-state index contributed by atoms with van der Waals surface area (Å²) in [4.78, 5) is 42.6. The number of nitrogens with one attached hydrogen (secondary N) is 1. The van der Waals surface area contributed by atoms with Gasteiger partial charge in [-0.2, -0.15) is 0 Å². The molecule has 3 aromatic rings. The van der Waals surface area contributed by atoms with Crippen LogP contribution in [0, 0.1) is 0 Å². The van der Waals surface area contributed by atoms with Gasteiger partial charge in [0, 0.05) is 55.7 Å². The molecule has 3 aromatic heterocycles. The molecule has 0 radical (unpaired) electrons. The van der Waals surface area contributed by atoms with Crippen LogP contribution in [0.3, 0.4) is 0 Å². The zero-order valence-electron chi connectivity index (χ0n) is 15.5. The van der Waals surface area contributed by atoms with Crippen LogP contribution in [0.15, 0.2) is 54.2 Å². The van der Waals surface area contributed by atoms with Gasteiger partial charge in [0.15, 0.2) is 0 Å². The molecule has 0 aromatic carbocycles. The quantitative estimate of drug-likeness (QED) is 0.733. The number of carbonyl (C=O) groups is 1. The van der Waals surface area contributed by atoms with Gasteiger partial charge in [-0.15, -0.1) is 0 Å². The largest absolute Gasteiger partial charge is 0.337 e. The van der Waals surface area contributed by atoms with Crippen LogP contribution < -0.4 is 5.56 Å². The van der Waals surface area contributed by atoms with Gasteiger partial charge in [-0.3, -0.25) is 14.6 Å². The second-order valence-electron chi connectivity index (χ2n) is 6.95. The summed E-state index contributed by atoms with van der Waals surface area (Å²) in [6.45, 7) is 1.46. The number of aromatic amines is 1. The van der Waals surface area contributed by atoms with Crippen LogP contribution in [-0.2, 0) is 6.54 Å². The Morgan fingerprint density at radius 3 is 2.89 bits per heavy atom. The minimum atomic E-state index is -0.419. The maximum atomic E-state index is 13.1. The minimum absolute atomic E-state index is 0.0853. The molecule has 8 nitrogen and oxygen atoms in total. The summed E-state index contributed by atoms with van der Waals surface area (Å²) in [6, 6.07) is 3.69. The van der Waals surface area contributed by atoms with E-state index in [1.54, 1.807) is 31.0 Å². The first-order chi connectivity index (χ1) is 13.7. The fraction of sp³-hybridized carbons (Fsp3) is 0.350. The van der Waals surface area contributed by atoms with Crippen LogP contribution in [0.4, 0.5) is 0 Å². The number of piperidine rings is 1. The Balaban J connectivity index is 1.52. The van der Waals surface area contributed by atoms with E-state index in [9.17, 15) is 9.59 Å². The maximum Gasteiger partial charge on any atom is 0.264 e. The number of pyridine rings is 1. The van der Waals surface area contributed by atoms with Crippen molar-refractivity contribution in [3.8, 4) is 11.4 Å². The summed E-state index contributed by atoms with van der Waals surface area (Å²) < 4.78 is 2.01. The first-order valence-electron chi connectivity index (χ1n) is 9.49. The van der Waals surface area contributed by atoms with E-state index in [0.29, 0.717) is 17.9 Å².